The van der Waals surface area contributed by atoms with Gasteiger partial charge in [-0.25, -0.2) is 8.42 Å². The molecule has 0 spiro atoms. The van der Waals surface area contributed by atoms with Crippen LogP contribution in [0.4, 0.5) is 5.69 Å². The number of sulfonamides is 1. The van der Waals surface area contributed by atoms with E-state index < -0.39 is 15.9 Å². The van der Waals surface area contributed by atoms with Gasteiger partial charge in [0.1, 0.15) is 11.4 Å². The second-order valence-corrected chi connectivity index (χ2v) is 8.91. The number of rotatable bonds is 6. The Kier molecular flexibility index (Phi) is 6.37. The van der Waals surface area contributed by atoms with Crippen molar-refractivity contribution in [1.29, 1.82) is 0 Å². The number of hydrogen-bond donors (Lipinski definition) is 1. The Hall–Kier alpha value is -2.27. The van der Waals surface area contributed by atoms with Crippen LogP contribution >= 0.6 is 11.6 Å². The fourth-order valence-electron chi connectivity index (χ4n) is 3.00. The zero-order chi connectivity index (χ0) is 21.2. The molecular formula is C18H21ClN4O5S. The molecule has 1 fully saturated rings. The molecule has 1 aliphatic heterocycles. The summed E-state index contributed by atoms with van der Waals surface area (Å²) < 4.78 is 33.6. The Balaban J connectivity index is 1.76. The largest absolute Gasteiger partial charge is 0.379 e. The van der Waals surface area contributed by atoms with Crippen LogP contribution in [0.1, 0.15) is 23.0 Å². The highest BCUT2D eigenvalue weighted by atomic mass is 35.5. The highest BCUT2D eigenvalue weighted by Crippen LogP contribution is 2.28. The minimum atomic E-state index is -3.81. The number of hydrogen-bond acceptors (Lipinski definition) is 6. The van der Waals surface area contributed by atoms with Gasteiger partial charge in [-0.15, -0.1) is 0 Å². The number of nitrogens with one attached hydrogen (secondary N) is 1. The van der Waals surface area contributed by atoms with Crippen molar-refractivity contribution in [1.82, 2.24) is 14.1 Å². The SMILES string of the molecule is CC(=O)c1cn(CC(=O)Nc2ccc(Cl)c(S(=O)(=O)N3CCOCC3)c2)nc1C. The number of benzene rings is 1. The third-order valence-electron chi connectivity index (χ3n) is 4.43. The number of morpholine rings is 1. The molecule has 1 N–H and O–H groups in total. The Morgan fingerprint density at radius 3 is 2.59 bits per heavy atom. The van der Waals surface area contributed by atoms with Crippen molar-refractivity contribution in [3.8, 4) is 0 Å². The number of aryl methyl sites for hydroxylation is 1. The van der Waals surface area contributed by atoms with Gasteiger partial charge >= 0.3 is 0 Å². The zero-order valence-electron chi connectivity index (χ0n) is 16.0. The summed E-state index contributed by atoms with van der Waals surface area (Å²) >= 11 is 6.12. The van der Waals surface area contributed by atoms with Crippen LogP contribution in [-0.2, 0) is 26.1 Å². The molecule has 0 bridgehead atoms. The third-order valence-corrected chi connectivity index (χ3v) is 6.81. The van der Waals surface area contributed by atoms with Crippen LogP contribution in [0.15, 0.2) is 29.3 Å². The van der Waals surface area contributed by atoms with Gasteiger partial charge in [0.05, 0.1) is 29.5 Å². The monoisotopic (exact) mass is 440 g/mol. The quantitative estimate of drug-likeness (QED) is 0.684. The van der Waals surface area contributed by atoms with E-state index in [1.807, 2.05) is 0 Å². The van der Waals surface area contributed by atoms with Crippen molar-refractivity contribution in [2.45, 2.75) is 25.3 Å². The van der Waals surface area contributed by atoms with Gasteiger partial charge in [-0.3, -0.25) is 14.3 Å². The van der Waals surface area contributed by atoms with Gasteiger partial charge in [-0.1, -0.05) is 11.6 Å². The summed E-state index contributed by atoms with van der Waals surface area (Å²) in [5, 5.41) is 6.86. The second kappa shape index (κ2) is 8.62. The summed E-state index contributed by atoms with van der Waals surface area (Å²) in [4.78, 5) is 23.8. The van der Waals surface area contributed by atoms with E-state index in [0.717, 1.165) is 0 Å². The van der Waals surface area contributed by atoms with Crippen LogP contribution in [-0.4, -0.2) is 60.5 Å². The van der Waals surface area contributed by atoms with Gasteiger partial charge in [0.2, 0.25) is 15.9 Å². The molecule has 2 heterocycles. The maximum Gasteiger partial charge on any atom is 0.246 e. The van der Waals surface area contributed by atoms with Gasteiger partial charge in [0, 0.05) is 25.0 Å². The van der Waals surface area contributed by atoms with Gasteiger partial charge < -0.3 is 10.1 Å². The van der Waals surface area contributed by atoms with E-state index in [9.17, 15) is 18.0 Å². The van der Waals surface area contributed by atoms with Gasteiger partial charge in [0.25, 0.3) is 0 Å². The highest BCUT2D eigenvalue weighted by Gasteiger charge is 2.28. The molecule has 2 aromatic rings. The maximum atomic E-state index is 12.9. The minimum absolute atomic E-state index is 0.0725. The lowest BCUT2D eigenvalue weighted by Gasteiger charge is -2.26. The molecule has 0 saturated carbocycles. The lowest BCUT2D eigenvalue weighted by Crippen LogP contribution is -2.40. The van der Waals surface area contributed by atoms with Crippen molar-refractivity contribution < 1.29 is 22.7 Å². The standard InChI is InChI=1S/C18H21ClN4O5S/c1-12-15(13(2)24)10-22(21-12)11-18(25)20-14-3-4-16(19)17(9-14)29(26,27)23-5-7-28-8-6-23/h3-4,9-10H,5-8,11H2,1-2H3,(H,20,25). The number of carbonyl (C=O) groups excluding carboxylic acids is 2. The molecule has 11 heteroatoms. The molecule has 1 aromatic heterocycles. The number of carbonyl (C=O) groups is 2. The number of nitrogens with zero attached hydrogens (tertiary/aromatic N) is 3. The maximum absolute atomic E-state index is 12.9. The summed E-state index contributed by atoms with van der Waals surface area (Å²) in [7, 11) is -3.81. The van der Waals surface area contributed by atoms with E-state index in [1.54, 1.807) is 6.92 Å². The number of amides is 1. The van der Waals surface area contributed by atoms with Crippen LogP contribution in [0.2, 0.25) is 5.02 Å². The topological polar surface area (TPSA) is 111 Å². The number of anilines is 1. The van der Waals surface area contributed by atoms with Gasteiger partial charge in [0.15, 0.2) is 5.78 Å². The average Bonchev–Trinajstić information content (AvgIpc) is 3.04. The fourth-order valence-corrected chi connectivity index (χ4v) is 4.91. The van der Waals surface area contributed by atoms with Crippen molar-refractivity contribution in [2.24, 2.45) is 0 Å². The minimum Gasteiger partial charge on any atom is -0.379 e. The first-order valence-corrected chi connectivity index (χ1v) is 10.7. The predicted octanol–water partition coefficient (Wildman–Crippen LogP) is 1.71. The molecule has 0 unspecified atom stereocenters. The molecule has 1 aromatic carbocycles. The number of ketones is 1. The first-order valence-electron chi connectivity index (χ1n) is 8.91. The summed E-state index contributed by atoms with van der Waals surface area (Å²) in [6, 6.07) is 4.28. The first-order chi connectivity index (χ1) is 13.7. The molecule has 156 valence electrons. The Bertz CT molecular complexity index is 1040. The van der Waals surface area contributed by atoms with Crippen LogP contribution in [0.3, 0.4) is 0 Å². The summed E-state index contributed by atoms with van der Waals surface area (Å²) in [6.45, 7) is 4.12. The molecule has 1 aliphatic rings. The van der Waals surface area contributed by atoms with Crippen LogP contribution in [0.5, 0.6) is 0 Å². The van der Waals surface area contributed by atoms with Crippen LogP contribution in [0, 0.1) is 6.92 Å². The first kappa shape index (κ1) is 21.4. The fraction of sp³-hybridized carbons (Fsp3) is 0.389. The smallest absolute Gasteiger partial charge is 0.246 e. The summed E-state index contributed by atoms with van der Waals surface area (Å²) in [5.41, 5.74) is 1.28. The van der Waals surface area contributed by atoms with E-state index >= 15 is 0 Å². The molecule has 3 rings (SSSR count). The van der Waals surface area contributed by atoms with E-state index in [-0.39, 0.29) is 35.3 Å². The van der Waals surface area contributed by atoms with Crippen molar-refractivity contribution in [2.75, 3.05) is 31.6 Å². The van der Waals surface area contributed by atoms with E-state index in [0.29, 0.717) is 30.2 Å². The Morgan fingerprint density at radius 1 is 1.28 bits per heavy atom. The van der Waals surface area contributed by atoms with Crippen LogP contribution in [0.25, 0.3) is 0 Å². The molecule has 0 atom stereocenters. The van der Waals surface area contributed by atoms with E-state index in [1.165, 1.54) is 40.3 Å². The second-order valence-electron chi connectivity index (χ2n) is 6.59. The number of Topliss-reactive ketones (excluding diaryl/α,β-unsaturated/α-hetero) is 1. The number of halogens is 1. The molecule has 29 heavy (non-hydrogen) atoms. The normalized spacial score (nSPS) is 15.3. The molecule has 0 aliphatic carbocycles. The zero-order valence-corrected chi connectivity index (χ0v) is 17.6. The molecule has 1 saturated heterocycles. The van der Waals surface area contributed by atoms with Crippen molar-refractivity contribution in [3.05, 3.63) is 40.7 Å². The van der Waals surface area contributed by atoms with Crippen LogP contribution < -0.4 is 5.32 Å². The lowest BCUT2D eigenvalue weighted by atomic mass is 10.2. The average molecular weight is 441 g/mol. The summed E-state index contributed by atoms with van der Waals surface area (Å²) in [5.74, 6) is -0.551. The Morgan fingerprint density at radius 2 is 1.97 bits per heavy atom. The molecule has 0 radical (unpaired) electrons. The van der Waals surface area contributed by atoms with Gasteiger partial charge in [-0.2, -0.15) is 9.40 Å². The predicted molar refractivity (Wildman–Crippen MR) is 107 cm³/mol. The van der Waals surface area contributed by atoms with Crippen molar-refractivity contribution >= 4 is 39.0 Å². The third kappa shape index (κ3) is 4.84. The van der Waals surface area contributed by atoms with E-state index in [4.69, 9.17) is 16.3 Å². The van der Waals surface area contributed by atoms with Crippen molar-refractivity contribution in [3.63, 3.8) is 0 Å². The highest BCUT2D eigenvalue weighted by molar-refractivity contribution is 7.89. The lowest BCUT2D eigenvalue weighted by molar-refractivity contribution is -0.116. The molecule has 1 amide bonds. The van der Waals surface area contributed by atoms with Gasteiger partial charge in [-0.05, 0) is 32.0 Å². The number of aromatic nitrogens is 2. The number of ether oxygens (including phenoxy) is 1. The summed E-state index contributed by atoms with van der Waals surface area (Å²) in [6.07, 6.45) is 1.51. The Labute approximate surface area is 173 Å². The van der Waals surface area contributed by atoms with E-state index in [2.05, 4.69) is 10.4 Å². The molecular weight excluding hydrogens is 420 g/mol. The molecule has 9 nitrogen and oxygen atoms in total.